The Morgan fingerprint density at radius 2 is 1.00 bits per heavy atom. The molecular weight excluding hydrogens is 715 g/mol. The van der Waals surface area contributed by atoms with Gasteiger partial charge < -0.3 is 38.6 Å². The molecule has 0 spiro atoms. The molecule has 5 aromatic rings. The van der Waals surface area contributed by atoms with Gasteiger partial charge in [0, 0.05) is 59.3 Å². The number of benzene rings is 2. The molecule has 13 nitrogen and oxygen atoms in total. The van der Waals surface area contributed by atoms with E-state index in [9.17, 15) is 19.2 Å². The van der Waals surface area contributed by atoms with Crippen molar-refractivity contribution >= 4 is 66.4 Å². The lowest BCUT2D eigenvalue weighted by molar-refractivity contribution is -0.137. The molecule has 0 saturated carbocycles. The van der Waals surface area contributed by atoms with E-state index in [1.165, 1.54) is 36.9 Å². The van der Waals surface area contributed by atoms with Gasteiger partial charge >= 0.3 is 11.9 Å². The molecule has 0 unspecified atom stereocenters. The third-order valence-electron chi connectivity index (χ3n) is 7.58. The van der Waals surface area contributed by atoms with E-state index in [-0.39, 0.29) is 37.2 Å². The molecule has 5 rings (SSSR count). The molecule has 52 heavy (non-hydrogen) atoms. The Hall–Kier alpha value is -5.41. The molecule has 0 atom stereocenters. The molecule has 3 heterocycles. The van der Waals surface area contributed by atoms with Gasteiger partial charge in [-0.15, -0.1) is 22.7 Å². The molecule has 0 amide bonds. The van der Waals surface area contributed by atoms with Gasteiger partial charge in [0.05, 0.1) is 63.2 Å². The van der Waals surface area contributed by atoms with Gasteiger partial charge in [0.1, 0.15) is 0 Å². The summed E-state index contributed by atoms with van der Waals surface area (Å²) in [5.74, 6) is 0.456. The van der Waals surface area contributed by atoms with Crippen molar-refractivity contribution in [2.45, 2.75) is 38.5 Å². The number of thiophene rings is 2. The van der Waals surface area contributed by atoms with Gasteiger partial charge in [-0.05, 0) is 35.0 Å². The number of pyridine rings is 1. The van der Waals surface area contributed by atoms with Gasteiger partial charge in [0.15, 0.2) is 34.6 Å². The second kappa shape index (κ2) is 18.2. The van der Waals surface area contributed by atoms with Crippen LogP contribution in [0, 0.1) is 0 Å². The lowest BCUT2D eigenvalue weighted by Crippen LogP contribution is -2.08. The van der Waals surface area contributed by atoms with Crippen molar-refractivity contribution in [2.75, 3.05) is 40.6 Å². The molecule has 0 aliphatic heterocycles. The van der Waals surface area contributed by atoms with Crippen molar-refractivity contribution in [3.63, 3.8) is 0 Å². The first-order valence-electron chi connectivity index (χ1n) is 16.3. The summed E-state index contributed by atoms with van der Waals surface area (Å²) in [5.41, 5.74) is 0. The number of carbonyl (C=O) groups is 4. The molecule has 2 aromatic carbocycles. The highest BCUT2D eigenvalue weighted by atomic mass is 32.1. The van der Waals surface area contributed by atoms with Crippen molar-refractivity contribution in [2.24, 2.45) is 0 Å². The van der Waals surface area contributed by atoms with Gasteiger partial charge in [-0.2, -0.15) is 4.98 Å². The third kappa shape index (κ3) is 10.3. The molecule has 15 heteroatoms. The minimum atomic E-state index is -1.01. The first kappa shape index (κ1) is 37.8. The number of aromatic nitrogens is 1. The number of aliphatic carboxylic acids is 2. The Bertz CT molecular complexity index is 1910. The van der Waals surface area contributed by atoms with Crippen LogP contribution in [0.3, 0.4) is 0 Å². The molecule has 0 aliphatic carbocycles. The summed E-state index contributed by atoms with van der Waals surface area (Å²) in [6.45, 7) is 1.35. The second-order valence-electron chi connectivity index (χ2n) is 11.4. The van der Waals surface area contributed by atoms with Gasteiger partial charge in [0.2, 0.25) is 11.8 Å². The van der Waals surface area contributed by atoms with E-state index in [0.29, 0.717) is 83.8 Å². The number of ketones is 2. The largest absolute Gasteiger partial charge is 0.493 e. The zero-order valence-electron chi connectivity index (χ0n) is 28.5. The van der Waals surface area contributed by atoms with E-state index in [2.05, 4.69) is 4.98 Å². The lowest BCUT2D eigenvalue weighted by Gasteiger charge is -2.12. The van der Waals surface area contributed by atoms with Crippen LogP contribution in [0.25, 0.3) is 20.2 Å². The van der Waals surface area contributed by atoms with E-state index in [1.54, 1.807) is 54.6 Å². The maximum absolute atomic E-state index is 12.4. The fraction of sp³-hybridized carbons (Fsp3) is 0.324. The van der Waals surface area contributed by atoms with Crippen LogP contribution in [0.4, 0.5) is 0 Å². The molecule has 274 valence electrons. The second-order valence-corrected chi connectivity index (χ2v) is 13.5. The lowest BCUT2D eigenvalue weighted by atomic mass is 10.1. The van der Waals surface area contributed by atoms with Crippen LogP contribution in [0.2, 0.25) is 0 Å². The topological polar surface area (TPSA) is 177 Å². The summed E-state index contributed by atoms with van der Waals surface area (Å²) in [5, 5.41) is 19.4. The van der Waals surface area contributed by atoms with Crippen LogP contribution in [0.15, 0.2) is 54.6 Å². The number of nitrogens with zero attached hydrogens (tertiary/aromatic N) is 1. The SMILES string of the molecule is COc1cc2sc(C(=O)CCC(=O)O)cc2cc1OCCCOc1cccc(OCCCOc2cc3cc(C(=O)CCC(=O)O)sc3cc2OC)n1. The molecule has 0 fully saturated rings. The average Bonchev–Trinajstić information content (AvgIpc) is 3.75. The van der Waals surface area contributed by atoms with Crippen LogP contribution in [-0.4, -0.2) is 79.3 Å². The number of rotatable bonds is 22. The van der Waals surface area contributed by atoms with Crippen LogP contribution >= 0.6 is 22.7 Å². The summed E-state index contributed by atoms with van der Waals surface area (Å²) in [7, 11) is 3.08. The molecule has 0 aliphatic rings. The normalized spacial score (nSPS) is 11.0. The molecule has 0 radical (unpaired) electrons. The van der Waals surface area contributed by atoms with Crippen molar-refractivity contribution in [1.82, 2.24) is 4.98 Å². The van der Waals surface area contributed by atoms with Gasteiger partial charge in [0.25, 0.3) is 0 Å². The Kier molecular flexibility index (Phi) is 13.2. The summed E-state index contributed by atoms with van der Waals surface area (Å²) in [6, 6.07) is 16.0. The molecular formula is C37H37NO12S2. The van der Waals surface area contributed by atoms with E-state index >= 15 is 0 Å². The van der Waals surface area contributed by atoms with Gasteiger partial charge in [-0.1, -0.05) is 6.07 Å². The fourth-order valence-electron chi connectivity index (χ4n) is 4.99. The highest BCUT2D eigenvalue weighted by Gasteiger charge is 2.17. The summed E-state index contributed by atoms with van der Waals surface area (Å²) in [6.07, 6.45) is 0.571. The number of hydrogen-bond acceptors (Lipinski definition) is 13. The van der Waals surface area contributed by atoms with Crippen molar-refractivity contribution in [3.05, 3.63) is 64.4 Å². The first-order chi connectivity index (χ1) is 25.1. The Morgan fingerprint density at radius 3 is 1.40 bits per heavy atom. The predicted octanol–water partition coefficient (Wildman–Crippen LogP) is 7.32. The molecule has 0 saturated heterocycles. The van der Waals surface area contributed by atoms with E-state index in [0.717, 1.165) is 20.2 Å². The number of fused-ring (bicyclic) bond motifs is 2. The predicted molar refractivity (Wildman–Crippen MR) is 195 cm³/mol. The standard InChI is InChI=1S/C37H37NO12S2/c1-45-26-20-30-22(18-32(51-30)24(39)8-10-36(41)42)16-28(26)47-12-4-14-49-34-6-3-7-35(38-34)50-15-5-13-48-29-17-23-19-33(25(40)9-11-37(43)44)52-31(23)21-27(29)46-2/h3,6-7,16-21H,4-5,8-15H2,1-2H3,(H,41,42)(H,43,44). The maximum Gasteiger partial charge on any atom is 0.303 e. The van der Waals surface area contributed by atoms with E-state index < -0.39 is 11.9 Å². The van der Waals surface area contributed by atoms with Crippen LogP contribution < -0.4 is 28.4 Å². The smallest absolute Gasteiger partial charge is 0.303 e. The minimum absolute atomic E-state index is 0.0550. The summed E-state index contributed by atoms with van der Waals surface area (Å²) in [4.78, 5) is 51.8. The van der Waals surface area contributed by atoms with Crippen LogP contribution in [-0.2, 0) is 9.59 Å². The number of Topliss-reactive ketones (excluding diaryl/α,β-unsaturated/α-hetero) is 2. The number of hydrogen-bond donors (Lipinski definition) is 2. The number of carbonyl (C=O) groups excluding carboxylic acids is 2. The zero-order valence-corrected chi connectivity index (χ0v) is 30.1. The summed E-state index contributed by atoms with van der Waals surface area (Å²) >= 11 is 2.58. The zero-order chi connectivity index (χ0) is 37.0. The fourth-order valence-corrected chi connectivity index (χ4v) is 7.07. The Balaban J connectivity index is 1.04. The highest BCUT2D eigenvalue weighted by molar-refractivity contribution is 7.21. The minimum Gasteiger partial charge on any atom is -0.493 e. The van der Waals surface area contributed by atoms with Gasteiger partial charge in [-0.3, -0.25) is 19.2 Å². The van der Waals surface area contributed by atoms with Gasteiger partial charge in [-0.25, -0.2) is 0 Å². The van der Waals surface area contributed by atoms with Crippen LogP contribution in [0.1, 0.15) is 57.9 Å². The maximum atomic E-state index is 12.4. The van der Waals surface area contributed by atoms with Crippen molar-refractivity contribution < 1.29 is 57.8 Å². The number of methoxy groups -OCH3 is 2. The van der Waals surface area contributed by atoms with Crippen molar-refractivity contribution in [3.8, 4) is 34.8 Å². The van der Waals surface area contributed by atoms with Crippen molar-refractivity contribution in [1.29, 1.82) is 0 Å². The van der Waals surface area contributed by atoms with E-state index in [4.69, 9.17) is 38.6 Å². The quantitative estimate of drug-likeness (QED) is 0.0532. The third-order valence-corrected chi connectivity index (χ3v) is 9.85. The Morgan fingerprint density at radius 1 is 0.577 bits per heavy atom. The number of carboxylic acid groups (broad SMARTS) is 2. The number of ether oxygens (including phenoxy) is 6. The first-order valence-corrected chi connectivity index (χ1v) is 18.0. The summed E-state index contributed by atoms with van der Waals surface area (Å²) < 4.78 is 36.2. The van der Waals surface area contributed by atoms with Crippen LogP contribution in [0.5, 0.6) is 34.8 Å². The molecule has 2 N–H and O–H groups in total. The number of carboxylic acids is 2. The molecule has 3 aromatic heterocycles. The Labute approximate surface area is 306 Å². The molecule has 0 bridgehead atoms. The monoisotopic (exact) mass is 751 g/mol. The highest BCUT2D eigenvalue weighted by Crippen LogP contribution is 2.38. The van der Waals surface area contributed by atoms with E-state index in [1.807, 2.05) is 0 Å². The average molecular weight is 752 g/mol.